The second kappa shape index (κ2) is 6.10. The van der Waals surface area contributed by atoms with Crippen molar-refractivity contribution in [2.45, 2.75) is 32.2 Å². The van der Waals surface area contributed by atoms with E-state index in [1.165, 1.54) is 22.3 Å². The standard InChI is InChI=1S/C21H26N2/c1-15-7-8-19-16(2)18-6-4-3-5-17(18)14-21(20(19)13-15)23-11-9-22-10-12-23/h3-8,13,16,21-22H,9-12,14H2,1-2H3. The minimum Gasteiger partial charge on any atom is -0.314 e. The van der Waals surface area contributed by atoms with Gasteiger partial charge in [-0.3, -0.25) is 4.90 Å². The average molecular weight is 306 g/mol. The number of nitrogens with zero attached hydrogens (tertiary/aromatic N) is 1. The zero-order valence-corrected chi connectivity index (χ0v) is 14.2. The van der Waals surface area contributed by atoms with Crippen LogP contribution in [0.25, 0.3) is 0 Å². The van der Waals surface area contributed by atoms with Crippen molar-refractivity contribution in [2.24, 2.45) is 0 Å². The molecule has 2 atom stereocenters. The normalized spacial score (nSPS) is 24.6. The fourth-order valence-corrected chi connectivity index (χ4v) is 4.33. The molecular formula is C21H26N2. The minimum atomic E-state index is 0.481. The highest BCUT2D eigenvalue weighted by atomic mass is 15.2. The van der Waals surface area contributed by atoms with Gasteiger partial charge in [-0.25, -0.2) is 0 Å². The summed E-state index contributed by atoms with van der Waals surface area (Å²) in [6.45, 7) is 9.10. The number of aryl methyl sites for hydroxylation is 1. The van der Waals surface area contributed by atoms with E-state index < -0.39 is 0 Å². The lowest BCUT2D eigenvalue weighted by Gasteiger charge is -2.36. The van der Waals surface area contributed by atoms with Gasteiger partial charge in [0.25, 0.3) is 0 Å². The number of benzene rings is 2. The van der Waals surface area contributed by atoms with Crippen LogP contribution in [-0.2, 0) is 6.42 Å². The Labute approximate surface area is 139 Å². The minimum absolute atomic E-state index is 0.481. The predicted molar refractivity (Wildman–Crippen MR) is 96.0 cm³/mol. The zero-order valence-electron chi connectivity index (χ0n) is 14.2. The van der Waals surface area contributed by atoms with Gasteiger partial charge in [-0.2, -0.15) is 0 Å². The van der Waals surface area contributed by atoms with E-state index in [9.17, 15) is 0 Å². The third-order valence-electron chi connectivity index (χ3n) is 5.60. The van der Waals surface area contributed by atoms with Crippen molar-refractivity contribution in [2.75, 3.05) is 26.2 Å². The predicted octanol–water partition coefficient (Wildman–Crippen LogP) is 3.65. The lowest BCUT2D eigenvalue weighted by Crippen LogP contribution is -2.45. The first-order valence-corrected chi connectivity index (χ1v) is 8.87. The summed E-state index contributed by atoms with van der Waals surface area (Å²) in [4.78, 5) is 2.68. The molecule has 1 saturated heterocycles. The summed E-state index contributed by atoms with van der Waals surface area (Å²) >= 11 is 0. The fraction of sp³-hybridized carbons (Fsp3) is 0.429. The van der Waals surface area contributed by atoms with E-state index in [0.717, 1.165) is 32.6 Å². The Kier molecular flexibility index (Phi) is 3.96. The quantitative estimate of drug-likeness (QED) is 0.865. The number of nitrogens with one attached hydrogen (secondary N) is 1. The third kappa shape index (κ3) is 2.71. The smallest absolute Gasteiger partial charge is 0.0392 e. The Balaban J connectivity index is 1.85. The van der Waals surface area contributed by atoms with Gasteiger partial charge in [0.1, 0.15) is 0 Å². The van der Waals surface area contributed by atoms with E-state index >= 15 is 0 Å². The molecule has 0 bridgehead atoms. The van der Waals surface area contributed by atoms with Gasteiger partial charge in [-0.15, -0.1) is 0 Å². The topological polar surface area (TPSA) is 15.3 Å². The molecular weight excluding hydrogens is 280 g/mol. The van der Waals surface area contributed by atoms with E-state index in [1.54, 1.807) is 5.56 Å². The molecule has 2 unspecified atom stereocenters. The highest BCUT2D eigenvalue weighted by molar-refractivity contribution is 5.47. The molecule has 1 N–H and O–H groups in total. The van der Waals surface area contributed by atoms with Crippen LogP contribution in [0.4, 0.5) is 0 Å². The van der Waals surface area contributed by atoms with E-state index in [2.05, 4.69) is 66.5 Å². The molecule has 2 aromatic carbocycles. The van der Waals surface area contributed by atoms with Gasteiger partial charge in [0, 0.05) is 38.1 Å². The molecule has 0 aromatic heterocycles. The highest BCUT2D eigenvalue weighted by Gasteiger charge is 2.30. The van der Waals surface area contributed by atoms with Crippen LogP contribution in [0.15, 0.2) is 42.5 Å². The summed E-state index contributed by atoms with van der Waals surface area (Å²) in [5.41, 5.74) is 7.48. The maximum absolute atomic E-state index is 3.49. The van der Waals surface area contributed by atoms with Crippen molar-refractivity contribution in [3.63, 3.8) is 0 Å². The summed E-state index contributed by atoms with van der Waals surface area (Å²) in [6.07, 6.45) is 1.14. The van der Waals surface area contributed by atoms with Gasteiger partial charge >= 0.3 is 0 Å². The van der Waals surface area contributed by atoms with E-state index in [4.69, 9.17) is 0 Å². The largest absolute Gasteiger partial charge is 0.314 e. The summed E-state index contributed by atoms with van der Waals surface area (Å²) in [5, 5.41) is 3.49. The molecule has 1 fully saturated rings. The van der Waals surface area contributed by atoms with Crippen molar-refractivity contribution < 1.29 is 0 Å². The van der Waals surface area contributed by atoms with Crippen LogP contribution in [-0.4, -0.2) is 31.1 Å². The van der Waals surface area contributed by atoms with Gasteiger partial charge in [0.2, 0.25) is 0 Å². The van der Waals surface area contributed by atoms with Gasteiger partial charge in [0.05, 0.1) is 0 Å². The number of rotatable bonds is 1. The molecule has 2 nitrogen and oxygen atoms in total. The van der Waals surface area contributed by atoms with Crippen molar-refractivity contribution in [3.05, 3.63) is 70.3 Å². The molecule has 23 heavy (non-hydrogen) atoms. The first-order valence-electron chi connectivity index (χ1n) is 8.87. The number of fused-ring (bicyclic) bond motifs is 2. The Bertz CT molecular complexity index is 701. The zero-order chi connectivity index (χ0) is 15.8. The second-order valence-corrected chi connectivity index (χ2v) is 7.06. The molecule has 1 heterocycles. The van der Waals surface area contributed by atoms with Crippen molar-refractivity contribution in [1.82, 2.24) is 10.2 Å². The van der Waals surface area contributed by atoms with Crippen LogP contribution in [0.3, 0.4) is 0 Å². The summed E-state index contributed by atoms with van der Waals surface area (Å²) in [6, 6.07) is 16.6. The maximum Gasteiger partial charge on any atom is 0.0392 e. The SMILES string of the molecule is Cc1ccc2c(c1)C(N1CCNCC1)Cc1ccccc1C2C. The Morgan fingerprint density at radius 3 is 2.57 bits per heavy atom. The van der Waals surface area contributed by atoms with Crippen LogP contribution < -0.4 is 5.32 Å². The van der Waals surface area contributed by atoms with Crippen LogP contribution in [0.2, 0.25) is 0 Å². The van der Waals surface area contributed by atoms with E-state index in [-0.39, 0.29) is 0 Å². The van der Waals surface area contributed by atoms with Crippen LogP contribution in [0, 0.1) is 6.92 Å². The molecule has 0 saturated carbocycles. The first kappa shape index (κ1) is 14.9. The summed E-state index contributed by atoms with van der Waals surface area (Å²) in [5.74, 6) is 0.481. The Hall–Kier alpha value is -1.64. The van der Waals surface area contributed by atoms with E-state index in [0.29, 0.717) is 12.0 Å². The van der Waals surface area contributed by atoms with Crippen molar-refractivity contribution >= 4 is 0 Å². The van der Waals surface area contributed by atoms with Crippen molar-refractivity contribution in [3.8, 4) is 0 Å². The Morgan fingerprint density at radius 1 is 0.957 bits per heavy atom. The van der Waals surface area contributed by atoms with Gasteiger partial charge in [-0.05, 0) is 35.6 Å². The number of hydrogen-bond donors (Lipinski definition) is 1. The summed E-state index contributed by atoms with van der Waals surface area (Å²) in [7, 11) is 0. The molecule has 0 radical (unpaired) electrons. The van der Waals surface area contributed by atoms with Crippen LogP contribution >= 0.6 is 0 Å². The molecule has 2 aromatic rings. The lowest BCUT2D eigenvalue weighted by molar-refractivity contribution is 0.172. The molecule has 0 amide bonds. The monoisotopic (exact) mass is 306 g/mol. The second-order valence-electron chi connectivity index (χ2n) is 7.06. The number of hydrogen-bond acceptors (Lipinski definition) is 2. The molecule has 120 valence electrons. The fourth-order valence-electron chi connectivity index (χ4n) is 4.33. The summed E-state index contributed by atoms with van der Waals surface area (Å²) < 4.78 is 0. The molecule has 2 heteroatoms. The van der Waals surface area contributed by atoms with Crippen LogP contribution in [0.1, 0.15) is 46.7 Å². The van der Waals surface area contributed by atoms with E-state index in [1.807, 2.05) is 0 Å². The van der Waals surface area contributed by atoms with Gasteiger partial charge in [0.15, 0.2) is 0 Å². The maximum atomic E-state index is 3.49. The molecule has 1 aliphatic carbocycles. The average Bonchev–Trinajstić information content (AvgIpc) is 2.71. The highest BCUT2D eigenvalue weighted by Crippen LogP contribution is 2.40. The molecule has 2 aliphatic rings. The number of piperazine rings is 1. The van der Waals surface area contributed by atoms with Gasteiger partial charge < -0.3 is 5.32 Å². The first-order chi connectivity index (χ1) is 11.2. The Morgan fingerprint density at radius 2 is 1.74 bits per heavy atom. The molecule has 1 aliphatic heterocycles. The molecule has 4 rings (SSSR count). The van der Waals surface area contributed by atoms with Gasteiger partial charge in [-0.1, -0.05) is 55.0 Å². The van der Waals surface area contributed by atoms with Crippen LogP contribution in [0.5, 0.6) is 0 Å². The lowest BCUT2D eigenvalue weighted by atomic mass is 9.88. The van der Waals surface area contributed by atoms with Crippen molar-refractivity contribution in [1.29, 1.82) is 0 Å². The molecule has 0 spiro atoms. The third-order valence-corrected chi connectivity index (χ3v) is 5.60.